The van der Waals surface area contributed by atoms with Crippen molar-refractivity contribution in [1.29, 1.82) is 0 Å². The van der Waals surface area contributed by atoms with Crippen molar-refractivity contribution >= 4 is 11.6 Å². The van der Waals surface area contributed by atoms with Gasteiger partial charge in [0.1, 0.15) is 0 Å². The molecule has 0 aromatic heterocycles. The predicted octanol–water partition coefficient (Wildman–Crippen LogP) is 2.72. The summed E-state index contributed by atoms with van der Waals surface area (Å²) in [4.78, 5) is 4.53. The minimum Gasteiger partial charge on any atom is -0.385 e. The first-order chi connectivity index (χ1) is 10.2. The molecule has 21 heavy (non-hydrogen) atoms. The maximum absolute atomic E-state index is 6.02. The van der Waals surface area contributed by atoms with Gasteiger partial charge in [-0.3, -0.25) is 4.99 Å². The van der Waals surface area contributed by atoms with Gasteiger partial charge in [-0.1, -0.05) is 6.07 Å². The predicted molar refractivity (Wildman–Crippen MR) is 86.7 cm³/mol. The van der Waals surface area contributed by atoms with Crippen molar-refractivity contribution in [2.24, 2.45) is 16.1 Å². The highest BCUT2D eigenvalue weighted by molar-refractivity contribution is 5.92. The number of aliphatic imine (C=N–C) groups is 1. The van der Waals surface area contributed by atoms with Gasteiger partial charge in [0.2, 0.25) is 0 Å². The molecule has 1 aromatic rings. The van der Waals surface area contributed by atoms with Crippen molar-refractivity contribution in [3.63, 3.8) is 0 Å². The minimum absolute atomic E-state index is 0.347. The van der Waals surface area contributed by atoms with E-state index < -0.39 is 0 Å². The number of rotatable bonds is 6. The van der Waals surface area contributed by atoms with Crippen molar-refractivity contribution in [3.05, 3.63) is 29.3 Å². The van der Waals surface area contributed by atoms with Crippen LogP contribution in [0.1, 0.15) is 36.8 Å². The average molecular weight is 287 g/mol. The Labute approximate surface area is 126 Å². The number of guanidine groups is 1. The van der Waals surface area contributed by atoms with Crippen LogP contribution in [0.2, 0.25) is 0 Å². The summed E-state index contributed by atoms with van der Waals surface area (Å²) >= 11 is 0. The number of nitrogens with zero attached hydrogens (tertiary/aromatic N) is 1. The van der Waals surface area contributed by atoms with Crippen LogP contribution in [0.3, 0.4) is 0 Å². The highest BCUT2D eigenvalue weighted by atomic mass is 16.5. The second-order valence-corrected chi connectivity index (χ2v) is 6.41. The zero-order chi connectivity index (χ0) is 14.7. The lowest BCUT2D eigenvalue weighted by Gasteiger charge is -2.13. The third kappa shape index (κ3) is 3.56. The fourth-order valence-corrected chi connectivity index (χ4v) is 3.07. The number of hydrogen-bond donors (Lipinski definition) is 2. The van der Waals surface area contributed by atoms with E-state index in [0.717, 1.165) is 25.3 Å². The topological polar surface area (TPSA) is 59.6 Å². The number of ether oxygens (including phenoxy) is 1. The molecule has 0 saturated heterocycles. The van der Waals surface area contributed by atoms with E-state index in [-0.39, 0.29) is 0 Å². The number of aryl methyl sites for hydroxylation is 2. The van der Waals surface area contributed by atoms with Gasteiger partial charge in [-0.2, -0.15) is 0 Å². The van der Waals surface area contributed by atoms with E-state index in [1.165, 1.54) is 43.2 Å². The van der Waals surface area contributed by atoms with Gasteiger partial charge < -0.3 is 15.8 Å². The van der Waals surface area contributed by atoms with E-state index >= 15 is 0 Å². The van der Waals surface area contributed by atoms with Crippen molar-refractivity contribution < 1.29 is 4.74 Å². The zero-order valence-electron chi connectivity index (χ0n) is 12.8. The molecule has 4 nitrogen and oxygen atoms in total. The first kappa shape index (κ1) is 14.4. The monoisotopic (exact) mass is 287 g/mol. The molecule has 0 aliphatic heterocycles. The number of fused-ring (bicyclic) bond motifs is 1. The number of nitrogens with two attached hydrogens (primary N) is 1. The van der Waals surface area contributed by atoms with Gasteiger partial charge in [0.05, 0.1) is 0 Å². The molecule has 0 atom stereocenters. The standard InChI is InChI=1S/C17H25N3O/c1-21-10-9-17(7-8-17)12-19-16(18)20-15-6-5-13-3-2-4-14(13)11-15/h5-6,11H,2-4,7-10,12H2,1H3,(H3,18,19,20). The smallest absolute Gasteiger partial charge is 0.193 e. The largest absolute Gasteiger partial charge is 0.385 e. The summed E-state index contributed by atoms with van der Waals surface area (Å²) in [5, 5.41) is 3.22. The Morgan fingerprint density at radius 2 is 2.14 bits per heavy atom. The first-order valence-corrected chi connectivity index (χ1v) is 7.88. The van der Waals surface area contributed by atoms with Crippen molar-refractivity contribution in [2.75, 3.05) is 25.6 Å². The number of anilines is 1. The van der Waals surface area contributed by atoms with Crippen LogP contribution in [0.5, 0.6) is 0 Å². The molecular formula is C17H25N3O. The van der Waals surface area contributed by atoms with Gasteiger partial charge in [0.15, 0.2) is 5.96 Å². The molecule has 0 unspecified atom stereocenters. The summed E-state index contributed by atoms with van der Waals surface area (Å²) in [6.45, 7) is 1.62. The van der Waals surface area contributed by atoms with Crippen LogP contribution in [-0.4, -0.2) is 26.2 Å². The van der Waals surface area contributed by atoms with Gasteiger partial charge in [-0.25, -0.2) is 0 Å². The van der Waals surface area contributed by atoms with Crippen molar-refractivity contribution in [2.45, 2.75) is 38.5 Å². The summed E-state index contributed by atoms with van der Waals surface area (Å²) < 4.78 is 5.17. The number of methoxy groups -OCH3 is 1. The van der Waals surface area contributed by atoms with E-state index in [1.54, 1.807) is 7.11 Å². The maximum Gasteiger partial charge on any atom is 0.193 e. The summed E-state index contributed by atoms with van der Waals surface area (Å²) in [6, 6.07) is 6.52. The van der Waals surface area contributed by atoms with Gasteiger partial charge in [-0.15, -0.1) is 0 Å². The quantitative estimate of drug-likeness (QED) is 0.625. The van der Waals surface area contributed by atoms with E-state index in [9.17, 15) is 0 Å². The molecule has 2 aliphatic rings. The Hall–Kier alpha value is -1.55. The molecule has 0 bridgehead atoms. The fraction of sp³-hybridized carbons (Fsp3) is 0.588. The molecule has 0 spiro atoms. The lowest BCUT2D eigenvalue weighted by Crippen LogP contribution is -2.24. The maximum atomic E-state index is 6.02. The second kappa shape index (κ2) is 6.06. The SMILES string of the molecule is COCCC1(CN=C(N)Nc2ccc3c(c2)CCC3)CC1. The second-order valence-electron chi connectivity index (χ2n) is 6.41. The molecule has 3 N–H and O–H groups in total. The average Bonchev–Trinajstić information content (AvgIpc) is 3.11. The van der Waals surface area contributed by atoms with Crippen LogP contribution in [0, 0.1) is 5.41 Å². The van der Waals surface area contributed by atoms with Crippen molar-refractivity contribution in [3.8, 4) is 0 Å². The highest BCUT2D eigenvalue weighted by Gasteiger charge is 2.41. The number of nitrogens with one attached hydrogen (secondary N) is 1. The molecule has 0 heterocycles. The summed E-state index contributed by atoms with van der Waals surface area (Å²) in [6.07, 6.45) is 7.23. The van der Waals surface area contributed by atoms with Gasteiger partial charge >= 0.3 is 0 Å². The Morgan fingerprint density at radius 3 is 2.90 bits per heavy atom. The van der Waals surface area contributed by atoms with Gasteiger partial charge in [0, 0.05) is 25.9 Å². The van der Waals surface area contributed by atoms with Crippen molar-refractivity contribution in [1.82, 2.24) is 0 Å². The molecule has 1 fully saturated rings. The van der Waals surface area contributed by atoms with Crippen LogP contribution in [0.15, 0.2) is 23.2 Å². The van der Waals surface area contributed by atoms with Gasteiger partial charge in [-0.05, 0) is 67.2 Å². The van der Waals surface area contributed by atoms with Crippen LogP contribution in [0.4, 0.5) is 5.69 Å². The lowest BCUT2D eigenvalue weighted by atomic mass is 10.0. The molecule has 0 radical (unpaired) electrons. The Balaban J connectivity index is 1.56. The van der Waals surface area contributed by atoms with E-state index in [2.05, 4.69) is 28.5 Å². The van der Waals surface area contributed by atoms with E-state index in [0.29, 0.717) is 11.4 Å². The molecule has 1 saturated carbocycles. The van der Waals surface area contributed by atoms with Gasteiger partial charge in [0.25, 0.3) is 0 Å². The van der Waals surface area contributed by atoms with Crippen LogP contribution < -0.4 is 11.1 Å². The Bertz CT molecular complexity index is 535. The third-order valence-corrected chi connectivity index (χ3v) is 4.75. The molecule has 3 rings (SSSR count). The lowest BCUT2D eigenvalue weighted by molar-refractivity contribution is 0.174. The molecule has 1 aromatic carbocycles. The first-order valence-electron chi connectivity index (χ1n) is 7.88. The molecule has 114 valence electrons. The normalized spacial score (nSPS) is 19.4. The Kier molecular flexibility index (Phi) is 4.15. The van der Waals surface area contributed by atoms with Crippen LogP contribution >= 0.6 is 0 Å². The van der Waals surface area contributed by atoms with E-state index in [4.69, 9.17) is 10.5 Å². The minimum atomic E-state index is 0.347. The van der Waals surface area contributed by atoms with E-state index in [1.807, 2.05) is 0 Å². The third-order valence-electron chi connectivity index (χ3n) is 4.75. The molecule has 4 heteroatoms. The Morgan fingerprint density at radius 1 is 1.33 bits per heavy atom. The summed E-state index contributed by atoms with van der Waals surface area (Å²) in [7, 11) is 1.75. The van der Waals surface area contributed by atoms with Crippen LogP contribution in [-0.2, 0) is 17.6 Å². The highest BCUT2D eigenvalue weighted by Crippen LogP contribution is 2.48. The molecule has 2 aliphatic carbocycles. The molecular weight excluding hydrogens is 262 g/mol. The number of benzene rings is 1. The summed E-state index contributed by atoms with van der Waals surface area (Å²) in [5.41, 5.74) is 10.4. The molecule has 0 amide bonds. The van der Waals surface area contributed by atoms with Crippen LogP contribution in [0.25, 0.3) is 0 Å². The fourth-order valence-electron chi connectivity index (χ4n) is 3.07. The summed E-state index contributed by atoms with van der Waals surface area (Å²) in [5.74, 6) is 0.525. The number of hydrogen-bond acceptors (Lipinski definition) is 2. The zero-order valence-corrected chi connectivity index (χ0v) is 12.8.